The van der Waals surface area contributed by atoms with E-state index >= 15 is 0 Å². The highest BCUT2D eigenvalue weighted by molar-refractivity contribution is 6.35. The molecule has 4 nitrogen and oxygen atoms in total. The summed E-state index contributed by atoms with van der Waals surface area (Å²) in [6.07, 6.45) is 3.33. The van der Waals surface area contributed by atoms with E-state index in [1.807, 2.05) is 23.1 Å². The number of carbonyl (C=O) groups is 1. The Bertz CT molecular complexity index is 1010. The Kier molecular flexibility index (Phi) is 5.61. The minimum absolute atomic E-state index is 0.0884. The molecule has 0 bridgehead atoms. The Morgan fingerprint density at radius 3 is 2.75 bits per heavy atom. The molecule has 146 valence electrons. The molecule has 1 heterocycles. The second-order valence-corrected chi connectivity index (χ2v) is 8.27. The molecule has 28 heavy (non-hydrogen) atoms. The molecule has 1 saturated carbocycles. The van der Waals surface area contributed by atoms with Crippen LogP contribution >= 0.6 is 23.2 Å². The number of para-hydroxylation sites is 2. The number of carbonyl (C=O) groups excluding carboxylic acids is 1. The van der Waals surface area contributed by atoms with Crippen molar-refractivity contribution in [2.24, 2.45) is 5.92 Å². The molecule has 1 amide bonds. The maximum Gasteiger partial charge on any atom is 0.255 e. The van der Waals surface area contributed by atoms with E-state index in [1.54, 1.807) is 18.2 Å². The number of fused-ring (bicyclic) bond motifs is 1. The van der Waals surface area contributed by atoms with Crippen LogP contribution in [0.25, 0.3) is 11.0 Å². The fraction of sp³-hybridized carbons (Fsp3) is 0.364. The van der Waals surface area contributed by atoms with E-state index in [-0.39, 0.29) is 5.91 Å². The van der Waals surface area contributed by atoms with E-state index in [1.165, 1.54) is 12.8 Å². The standard InChI is InChI=1S/C22H23Cl2N3O/c1-2-11-27-20-6-4-3-5-19(20)25-21(27)14-26(13-15-7-8-15)22(28)17-12-16(23)9-10-18(17)24/h3-6,9-10,12,15H,2,7-8,11,13-14H2,1H3. The molecule has 1 fully saturated rings. The van der Waals surface area contributed by atoms with E-state index in [9.17, 15) is 4.79 Å². The first kappa shape index (κ1) is 19.3. The molecule has 1 aromatic heterocycles. The van der Waals surface area contributed by atoms with Crippen molar-refractivity contribution >= 4 is 40.1 Å². The summed E-state index contributed by atoms with van der Waals surface area (Å²) in [5.74, 6) is 1.38. The summed E-state index contributed by atoms with van der Waals surface area (Å²) in [4.78, 5) is 20.0. The summed E-state index contributed by atoms with van der Waals surface area (Å²) >= 11 is 12.4. The molecule has 1 aliphatic rings. The maximum atomic E-state index is 13.3. The smallest absolute Gasteiger partial charge is 0.255 e. The van der Waals surface area contributed by atoms with Crippen LogP contribution in [0.4, 0.5) is 0 Å². The highest BCUT2D eigenvalue weighted by Crippen LogP contribution is 2.32. The lowest BCUT2D eigenvalue weighted by Crippen LogP contribution is -2.33. The lowest BCUT2D eigenvalue weighted by atomic mass is 10.2. The van der Waals surface area contributed by atoms with Gasteiger partial charge in [0.25, 0.3) is 5.91 Å². The first-order valence-electron chi connectivity index (χ1n) is 9.75. The Hall–Kier alpha value is -2.04. The van der Waals surface area contributed by atoms with Crippen LogP contribution in [0.1, 0.15) is 42.4 Å². The predicted molar refractivity (Wildman–Crippen MR) is 114 cm³/mol. The van der Waals surface area contributed by atoms with E-state index in [0.717, 1.165) is 36.4 Å². The van der Waals surface area contributed by atoms with E-state index in [0.29, 0.717) is 28.1 Å². The number of benzene rings is 2. The maximum absolute atomic E-state index is 13.3. The van der Waals surface area contributed by atoms with Gasteiger partial charge in [-0.15, -0.1) is 0 Å². The third-order valence-electron chi connectivity index (χ3n) is 5.13. The van der Waals surface area contributed by atoms with Gasteiger partial charge >= 0.3 is 0 Å². The molecule has 1 aliphatic carbocycles. The molecule has 0 aliphatic heterocycles. The van der Waals surface area contributed by atoms with Gasteiger partial charge in [-0.2, -0.15) is 0 Å². The van der Waals surface area contributed by atoms with Gasteiger partial charge in [-0.1, -0.05) is 42.3 Å². The molecule has 0 N–H and O–H groups in total. The number of rotatable bonds is 7. The van der Waals surface area contributed by atoms with Crippen LogP contribution in [0.2, 0.25) is 10.0 Å². The Balaban J connectivity index is 1.69. The average Bonchev–Trinajstić information content (AvgIpc) is 3.44. The van der Waals surface area contributed by atoms with Crippen LogP contribution in [-0.2, 0) is 13.1 Å². The molecule has 4 rings (SSSR count). The number of halogens is 2. The third-order valence-corrected chi connectivity index (χ3v) is 5.70. The molecule has 3 aromatic rings. The number of hydrogen-bond donors (Lipinski definition) is 0. The minimum atomic E-state index is -0.0884. The van der Waals surface area contributed by atoms with Crippen LogP contribution in [-0.4, -0.2) is 26.9 Å². The summed E-state index contributed by atoms with van der Waals surface area (Å²) in [5, 5.41) is 0.939. The van der Waals surface area contributed by atoms with Crippen molar-refractivity contribution in [3.05, 3.63) is 63.9 Å². The van der Waals surface area contributed by atoms with Gasteiger partial charge in [0.05, 0.1) is 28.2 Å². The molecule has 6 heteroatoms. The highest BCUT2D eigenvalue weighted by Gasteiger charge is 2.29. The first-order valence-corrected chi connectivity index (χ1v) is 10.5. The second kappa shape index (κ2) is 8.14. The Labute approximate surface area is 175 Å². The van der Waals surface area contributed by atoms with Gasteiger partial charge in [0, 0.05) is 18.1 Å². The quantitative estimate of drug-likeness (QED) is 0.488. The van der Waals surface area contributed by atoms with Gasteiger partial charge in [-0.25, -0.2) is 4.98 Å². The van der Waals surface area contributed by atoms with Crippen LogP contribution in [0.15, 0.2) is 42.5 Å². The zero-order valence-corrected chi connectivity index (χ0v) is 17.4. The van der Waals surface area contributed by atoms with E-state index in [4.69, 9.17) is 28.2 Å². The normalized spacial score (nSPS) is 13.8. The van der Waals surface area contributed by atoms with E-state index in [2.05, 4.69) is 17.6 Å². The molecular formula is C22H23Cl2N3O. The van der Waals surface area contributed by atoms with Gasteiger partial charge in [0.1, 0.15) is 5.82 Å². The van der Waals surface area contributed by atoms with Crippen LogP contribution < -0.4 is 0 Å². The van der Waals surface area contributed by atoms with Crippen molar-refractivity contribution in [1.82, 2.24) is 14.5 Å². The minimum Gasteiger partial charge on any atom is -0.331 e. The lowest BCUT2D eigenvalue weighted by molar-refractivity contribution is 0.0729. The van der Waals surface area contributed by atoms with Crippen LogP contribution in [0, 0.1) is 5.92 Å². The van der Waals surface area contributed by atoms with Crippen LogP contribution in [0.5, 0.6) is 0 Å². The fourth-order valence-corrected chi connectivity index (χ4v) is 3.92. The number of aryl methyl sites for hydroxylation is 1. The highest BCUT2D eigenvalue weighted by atomic mass is 35.5. The van der Waals surface area contributed by atoms with Gasteiger partial charge in [-0.3, -0.25) is 4.79 Å². The molecule has 2 aromatic carbocycles. The zero-order chi connectivity index (χ0) is 19.7. The van der Waals surface area contributed by atoms with Crippen molar-refractivity contribution < 1.29 is 4.79 Å². The van der Waals surface area contributed by atoms with Crippen molar-refractivity contribution in [2.45, 2.75) is 39.3 Å². The number of imidazole rings is 1. The molecule has 0 unspecified atom stereocenters. The average molecular weight is 416 g/mol. The SMILES string of the molecule is CCCn1c(CN(CC2CC2)C(=O)c2cc(Cl)ccc2Cl)nc2ccccc21. The lowest BCUT2D eigenvalue weighted by Gasteiger charge is -2.23. The van der Waals surface area contributed by atoms with Gasteiger partial charge in [0.2, 0.25) is 0 Å². The number of amides is 1. The molecule has 0 atom stereocenters. The summed E-state index contributed by atoms with van der Waals surface area (Å²) in [6.45, 7) is 4.21. The van der Waals surface area contributed by atoms with Gasteiger partial charge in [0.15, 0.2) is 0 Å². The van der Waals surface area contributed by atoms with Crippen molar-refractivity contribution in [3.8, 4) is 0 Å². The third kappa shape index (κ3) is 4.03. The number of aromatic nitrogens is 2. The Morgan fingerprint density at radius 2 is 2.00 bits per heavy atom. The van der Waals surface area contributed by atoms with Crippen LogP contribution in [0.3, 0.4) is 0 Å². The summed E-state index contributed by atoms with van der Waals surface area (Å²) < 4.78 is 2.22. The number of hydrogen-bond acceptors (Lipinski definition) is 2. The van der Waals surface area contributed by atoms with Gasteiger partial charge in [-0.05, 0) is 55.5 Å². The zero-order valence-electron chi connectivity index (χ0n) is 15.9. The second-order valence-electron chi connectivity index (χ2n) is 7.42. The monoisotopic (exact) mass is 415 g/mol. The summed E-state index contributed by atoms with van der Waals surface area (Å²) in [7, 11) is 0. The first-order chi connectivity index (χ1) is 13.6. The molecular weight excluding hydrogens is 393 g/mol. The predicted octanol–water partition coefficient (Wildman–Crippen LogP) is 5.81. The van der Waals surface area contributed by atoms with E-state index < -0.39 is 0 Å². The largest absolute Gasteiger partial charge is 0.331 e. The fourth-order valence-electron chi connectivity index (χ4n) is 3.55. The van der Waals surface area contributed by atoms with Crippen molar-refractivity contribution in [2.75, 3.05) is 6.54 Å². The van der Waals surface area contributed by atoms with Crippen molar-refractivity contribution in [3.63, 3.8) is 0 Å². The van der Waals surface area contributed by atoms with Gasteiger partial charge < -0.3 is 9.47 Å². The number of nitrogens with zero attached hydrogens (tertiary/aromatic N) is 3. The molecule has 0 radical (unpaired) electrons. The summed E-state index contributed by atoms with van der Waals surface area (Å²) in [6, 6.07) is 13.2. The summed E-state index contributed by atoms with van der Waals surface area (Å²) in [5.41, 5.74) is 2.53. The molecule has 0 spiro atoms. The topological polar surface area (TPSA) is 38.1 Å². The molecule has 0 saturated heterocycles. The van der Waals surface area contributed by atoms with Crippen molar-refractivity contribution in [1.29, 1.82) is 0 Å². The Morgan fingerprint density at radius 1 is 1.21 bits per heavy atom.